The standard InChI is InChI=1S/C14H15FN4O/c1-19(8-9-4-2-3-5-10(9)15)14-11(16)6-7-12(18-14)13(17)20/h2-7H,8,16H2,1H3,(H2,17,20). The van der Waals surface area contributed by atoms with Crippen molar-refractivity contribution in [3.8, 4) is 0 Å². The number of rotatable bonds is 4. The van der Waals surface area contributed by atoms with E-state index in [1.165, 1.54) is 12.1 Å². The van der Waals surface area contributed by atoms with Gasteiger partial charge in [0.2, 0.25) is 0 Å². The van der Waals surface area contributed by atoms with Gasteiger partial charge in [0.15, 0.2) is 5.82 Å². The minimum absolute atomic E-state index is 0.120. The predicted octanol–water partition coefficient (Wildman–Crippen LogP) is 1.54. The normalized spacial score (nSPS) is 10.3. The number of carbonyl (C=O) groups excluding carboxylic acids is 1. The van der Waals surface area contributed by atoms with E-state index in [1.807, 2.05) is 0 Å². The summed E-state index contributed by atoms with van der Waals surface area (Å²) in [5.74, 6) is -0.543. The van der Waals surface area contributed by atoms with Crippen molar-refractivity contribution in [2.75, 3.05) is 17.7 Å². The molecule has 0 saturated heterocycles. The van der Waals surface area contributed by atoms with Gasteiger partial charge in [-0.05, 0) is 18.2 Å². The molecule has 0 unspecified atom stereocenters. The molecule has 0 aliphatic carbocycles. The van der Waals surface area contributed by atoms with E-state index in [4.69, 9.17) is 11.5 Å². The minimum Gasteiger partial charge on any atom is -0.396 e. The third kappa shape index (κ3) is 2.85. The van der Waals surface area contributed by atoms with Gasteiger partial charge in [-0.25, -0.2) is 9.37 Å². The van der Waals surface area contributed by atoms with Crippen molar-refractivity contribution < 1.29 is 9.18 Å². The third-order valence-electron chi connectivity index (χ3n) is 2.88. The fraction of sp³-hybridized carbons (Fsp3) is 0.143. The van der Waals surface area contributed by atoms with Crippen molar-refractivity contribution >= 4 is 17.4 Å². The molecule has 0 bridgehead atoms. The first kappa shape index (κ1) is 13.8. The topological polar surface area (TPSA) is 85.2 Å². The zero-order valence-corrected chi connectivity index (χ0v) is 11.0. The van der Waals surface area contributed by atoms with Gasteiger partial charge in [-0.15, -0.1) is 0 Å². The first-order valence-electron chi connectivity index (χ1n) is 6.00. The van der Waals surface area contributed by atoms with Crippen LogP contribution in [-0.4, -0.2) is 17.9 Å². The Morgan fingerprint density at radius 1 is 1.30 bits per heavy atom. The summed E-state index contributed by atoms with van der Waals surface area (Å²) in [7, 11) is 1.72. The van der Waals surface area contributed by atoms with E-state index < -0.39 is 5.91 Å². The number of primary amides is 1. The number of nitrogens with two attached hydrogens (primary N) is 2. The summed E-state index contributed by atoms with van der Waals surface area (Å²) in [6, 6.07) is 9.46. The second-order valence-corrected chi connectivity index (χ2v) is 4.42. The Bertz CT molecular complexity index is 645. The lowest BCUT2D eigenvalue weighted by Gasteiger charge is -2.20. The number of nitrogens with zero attached hydrogens (tertiary/aromatic N) is 2. The van der Waals surface area contributed by atoms with Gasteiger partial charge in [-0.1, -0.05) is 18.2 Å². The van der Waals surface area contributed by atoms with Crippen LogP contribution in [0.1, 0.15) is 16.1 Å². The number of halogens is 1. The number of hydrogen-bond acceptors (Lipinski definition) is 4. The van der Waals surface area contributed by atoms with Gasteiger partial charge in [-0.2, -0.15) is 0 Å². The largest absolute Gasteiger partial charge is 0.396 e. The quantitative estimate of drug-likeness (QED) is 0.885. The Morgan fingerprint density at radius 3 is 2.65 bits per heavy atom. The van der Waals surface area contributed by atoms with Crippen LogP contribution in [0.15, 0.2) is 36.4 Å². The van der Waals surface area contributed by atoms with Crippen LogP contribution in [0.5, 0.6) is 0 Å². The molecule has 1 aromatic carbocycles. The highest BCUT2D eigenvalue weighted by Crippen LogP contribution is 2.22. The number of aromatic nitrogens is 1. The number of pyridine rings is 1. The summed E-state index contributed by atoms with van der Waals surface area (Å²) in [6.45, 7) is 0.284. The van der Waals surface area contributed by atoms with Gasteiger partial charge in [0, 0.05) is 19.2 Å². The van der Waals surface area contributed by atoms with Crippen molar-refractivity contribution in [2.24, 2.45) is 5.73 Å². The Hall–Kier alpha value is -2.63. The molecule has 0 atom stereocenters. The summed E-state index contributed by atoms with van der Waals surface area (Å²) >= 11 is 0. The molecule has 4 N–H and O–H groups in total. The third-order valence-corrected chi connectivity index (χ3v) is 2.88. The van der Waals surface area contributed by atoms with E-state index in [0.717, 1.165) is 0 Å². The highest BCUT2D eigenvalue weighted by Gasteiger charge is 2.12. The lowest BCUT2D eigenvalue weighted by atomic mass is 10.2. The molecule has 1 amide bonds. The average molecular weight is 274 g/mol. The van der Waals surface area contributed by atoms with Gasteiger partial charge >= 0.3 is 0 Å². The highest BCUT2D eigenvalue weighted by molar-refractivity contribution is 5.91. The zero-order chi connectivity index (χ0) is 14.7. The molecule has 1 heterocycles. The summed E-state index contributed by atoms with van der Waals surface area (Å²) in [5, 5.41) is 0. The molecule has 104 valence electrons. The second kappa shape index (κ2) is 5.56. The van der Waals surface area contributed by atoms with E-state index in [2.05, 4.69) is 4.98 Å². The second-order valence-electron chi connectivity index (χ2n) is 4.42. The molecule has 20 heavy (non-hydrogen) atoms. The molecule has 0 radical (unpaired) electrons. The summed E-state index contributed by atoms with van der Waals surface area (Å²) in [4.78, 5) is 16.9. The van der Waals surface area contributed by atoms with Gasteiger partial charge < -0.3 is 16.4 Å². The molecule has 0 spiro atoms. The first-order valence-corrected chi connectivity index (χ1v) is 6.00. The highest BCUT2D eigenvalue weighted by atomic mass is 19.1. The van der Waals surface area contributed by atoms with Crippen LogP contribution in [0.25, 0.3) is 0 Å². The van der Waals surface area contributed by atoms with Crippen LogP contribution in [0, 0.1) is 5.82 Å². The van der Waals surface area contributed by atoms with Crippen molar-refractivity contribution in [1.29, 1.82) is 0 Å². The van der Waals surface area contributed by atoms with Gasteiger partial charge in [0.25, 0.3) is 5.91 Å². The summed E-state index contributed by atoms with van der Waals surface area (Å²) in [5.41, 5.74) is 12.1. The fourth-order valence-corrected chi connectivity index (χ4v) is 1.86. The Labute approximate surface area is 116 Å². The molecular weight excluding hydrogens is 259 g/mol. The van der Waals surface area contributed by atoms with E-state index in [-0.39, 0.29) is 18.1 Å². The maximum absolute atomic E-state index is 13.6. The van der Waals surface area contributed by atoms with E-state index >= 15 is 0 Å². The molecule has 5 nitrogen and oxygen atoms in total. The average Bonchev–Trinajstić information content (AvgIpc) is 2.41. The lowest BCUT2D eigenvalue weighted by Crippen LogP contribution is -2.22. The predicted molar refractivity (Wildman–Crippen MR) is 75.7 cm³/mol. The first-order chi connectivity index (χ1) is 9.49. The number of benzene rings is 1. The van der Waals surface area contributed by atoms with Crippen molar-refractivity contribution in [2.45, 2.75) is 6.54 Å². The lowest BCUT2D eigenvalue weighted by molar-refractivity contribution is 0.0995. The van der Waals surface area contributed by atoms with E-state index in [0.29, 0.717) is 17.1 Å². The SMILES string of the molecule is CN(Cc1ccccc1F)c1nc(C(N)=O)ccc1N. The van der Waals surface area contributed by atoms with Crippen LogP contribution >= 0.6 is 0 Å². The number of hydrogen-bond donors (Lipinski definition) is 2. The molecule has 2 aromatic rings. The molecule has 0 saturated carbocycles. The molecule has 1 aromatic heterocycles. The van der Waals surface area contributed by atoms with E-state index in [1.54, 1.807) is 36.2 Å². The smallest absolute Gasteiger partial charge is 0.267 e. The van der Waals surface area contributed by atoms with Crippen LogP contribution in [0.2, 0.25) is 0 Å². The molecule has 2 rings (SSSR count). The molecule has 6 heteroatoms. The summed E-state index contributed by atoms with van der Waals surface area (Å²) in [6.07, 6.45) is 0. The van der Waals surface area contributed by atoms with Crippen molar-refractivity contribution in [3.05, 3.63) is 53.5 Å². The van der Waals surface area contributed by atoms with E-state index in [9.17, 15) is 9.18 Å². The zero-order valence-electron chi connectivity index (χ0n) is 11.0. The van der Waals surface area contributed by atoms with Crippen molar-refractivity contribution in [3.63, 3.8) is 0 Å². The maximum atomic E-state index is 13.6. The van der Waals surface area contributed by atoms with Crippen molar-refractivity contribution in [1.82, 2.24) is 4.98 Å². The molecule has 0 fully saturated rings. The number of nitrogen functional groups attached to an aromatic ring is 1. The fourth-order valence-electron chi connectivity index (χ4n) is 1.86. The Kier molecular flexibility index (Phi) is 3.84. The monoisotopic (exact) mass is 274 g/mol. The number of anilines is 2. The van der Waals surface area contributed by atoms with Crippen LogP contribution in [0.4, 0.5) is 15.9 Å². The van der Waals surface area contributed by atoms with Crippen LogP contribution in [0.3, 0.4) is 0 Å². The number of amides is 1. The maximum Gasteiger partial charge on any atom is 0.267 e. The molecule has 0 aliphatic rings. The van der Waals surface area contributed by atoms with Crippen LogP contribution in [-0.2, 0) is 6.54 Å². The minimum atomic E-state index is -0.634. The van der Waals surface area contributed by atoms with Crippen LogP contribution < -0.4 is 16.4 Å². The molecular formula is C14H15FN4O. The Morgan fingerprint density at radius 2 is 2.00 bits per heavy atom. The van der Waals surface area contributed by atoms with Gasteiger partial charge in [0.1, 0.15) is 11.5 Å². The number of carbonyl (C=O) groups is 1. The summed E-state index contributed by atoms with van der Waals surface area (Å²) < 4.78 is 13.6. The Balaban J connectivity index is 2.29. The molecule has 0 aliphatic heterocycles. The van der Waals surface area contributed by atoms with Gasteiger partial charge in [0.05, 0.1) is 5.69 Å². The van der Waals surface area contributed by atoms with Gasteiger partial charge in [-0.3, -0.25) is 4.79 Å².